The molecule has 2 N–H and O–H groups in total. The number of hydrogen-bond donors (Lipinski definition) is 2. The molecule has 4 nitrogen and oxygen atoms in total. The highest BCUT2D eigenvalue weighted by atomic mass is 16.5. The van der Waals surface area contributed by atoms with Gasteiger partial charge in [0.1, 0.15) is 18.5 Å². The second kappa shape index (κ2) is 8.15. The molecule has 4 heteroatoms. The van der Waals surface area contributed by atoms with Crippen molar-refractivity contribution < 1.29 is 14.6 Å². The molecule has 0 radical (unpaired) electrons. The Kier molecular flexibility index (Phi) is 6.84. The molecule has 1 unspecified atom stereocenters. The number of nitrogens with one attached hydrogen (secondary N) is 1. The van der Waals surface area contributed by atoms with Gasteiger partial charge in [-0.25, -0.2) is 0 Å². The van der Waals surface area contributed by atoms with E-state index in [4.69, 9.17) is 9.47 Å². The number of aryl methyl sites for hydroxylation is 1. The third kappa shape index (κ3) is 5.59. The first-order valence-corrected chi connectivity index (χ1v) is 6.70. The number of para-hydroxylation sites is 1. The third-order valence-electron chi connectivity index (χ3n) is 2.70. The number of aliphatic hydroxyl groups is 1. The maximum absolute atomic E-state index is 9.81. The molecule has 19 heavy (non-hydrogen) atoms. The molecule has 0 aliphatic rings. The van der Waals surface area contributed by atoms with E-state index in [0.717, 1.165) is 23.4 Å². The topological polar surface area (TPSA) is 50.7 Å². The minimum Gasteiger partial charge on any atom is -0.490 e. The number of benzene rings is 1. The van der Waals surface area contributed by atoms with Gasteiger partial charge in [0.25, 0.3) is 0 Å². The van der Waals surface area contributed by atoms with Gasteiger partial charge in [0.15, 0.2) is 0 Å². The standard InChI is InChI=1S/C15H25NO3/c1-11(2)18-9-14(17)10-19-15-12(3)6-5-7-13(15)8-16-4/h5-7,11,14,16-17H,8-10H2,1-4H3. The molecule has 1 aromatic carbocycles. The van der Waals surface area contributed by atoms with E-state index in [1.54, 1.807) is 0 Å². The van der Waals surface area contributed by atoms with Gasteiger partial charge in [0, 0.05) is 12.1 Å². The highest BCUT2D eigenvalue weighted by Gasteiger charge is 2.10. The van der Waals surface area contributed by atoms with Crippen molar-refractivity contribution in [1.29, 1.82) is 0 Å². The van der Waals surface area contributed by atoms with Crippen LogP contribution in [0.5, 0.6) is 5.75 Å². The lowest BCUT2D eigenvalue weighted by Crippen LogP contribution is -2.25. The second-order valence-corrected chi connectivity index (χ2v) is 4.94. The van der Waals surface area contributed by atoms with Crippen molar-refractivity contribution in [3.8, 4) is 5.75 Å². The highest BCUT2D eigenvalue weighted by Crippen LogP contribution is 2.23. The summed E-state index contributed by atoms with van der Waals surface area (Å²) in [7, 11) is 1.90. The molecule has 0 bridgehead atoms. The van der Waals surface area contributed by atoms with Crippen LogP contribution in [0.25, 0.3) is 0 Å². The van der Waals surface area contributed by atoms with Crippen molar-refractivity contribution in [1.82, 2.24) is 5.32 Å². The first-order valence-electron chi connectivity index (χ1n) is 6.70. The van der Waals surface area contributed by atoms with Crippen LogP contribution in [0.2, 0.25) is 0 Å². The zero-order valence-corrected chi connectivity index (χ0v) is 12.3. The quantitative estimate of drug-likeness (QED) is 0.755. The summed E-state index contributed by atoms with van der Waals surface area (Å²) >= 11 is 0. The van der Waals surface area contributed by atoms with Gasteiger partial charge >= 0.3 is 0 Å². The number of aliphatic hydroxyl groups excluding tert-OH is 1. The number of rotatable bonds is 8. The van der Waals surface area contributed by atoms with E-state index in [2.05, 4.69) is 5.32 Å². The summed E-state index contributed by atoms with van der Waals surface area (Å²) in [6.45, 7) is 7.18. The van der Waals surface area contributed by atoms with Gasteiger partial charge in [-0.15, -0.1) is 0 Å². The first-order chi connectivity index (χ1) is 9.04. The fourth-order valence-corrected chi connectivity index (χ4v) is 1.78. The van der Waals surface area contributed by atoms with E-state index in [0.29, 0.717) is 6.61 Å². The fraction of sp³-hybridized carbons (Fsp3) is 0.600. The summed E-state index contributed by atoms with van der Waals surface area (Å²) in [5.41, 5.74) is 2.17. The maximum Gasteiger partial charge on any atom is 0.126 e. The van der Waals surface area contributed by atoms with Crippen LogP contribution in [-0.4, -0.2) is 37.6 Å². The minimum atomic E-state index is -0.607. The Hall–Kier alpha value is -1.10. The number of ether oxygens (including phenoxy) is 2. The SMILES string of the molecule is CNCc1cccc(C)c1OCC(O)COC(C)C. The molecule has 0 saturated heterocycles. The molecule has 0 aliphatic carbocycles. The molecule has 1 rings (SSSR count). The van der Waals surface area contributed by atoms with E-state index in [9.17, 15) is 5.11 Å². The molecule has 0 amide bonds. The van der Waals surface area contributed by atoms with E-state index < -0.39 is 6.10 Å². The summed E-state index contributed by atoms with van der Waals surface area (Å²) in [5.74, 6) is 0.848. The molecule has 0 aliphatic heterocycles. The summed E-state index contributed by atoms with van der Waals surface area (Å²) in [4.78, 5) is 0. The Balaban J connectivity index is 2.56. The highest BCUT2D eigenvalue weighted by molar-refractivity contribution is 5.40. The molecule has 0 spiro atoms. The van der Waals surface area contributed by atoms with Crippen molar-refractivity contribution in [2.75, 3.05) is 20.3 Å². The van der Waals surface area contributed by atoms with Crippen molar-refractivity contribution in [2.24, 2.45) is 0 Å². The van der Waals surface area contributed by atoms with Crippen molar-refractivity contribution in [3.05, 3.63) is 29.3 Å². The fourth-order valence-electron chi connectivity index (χ4n) is 1.78. The van der Waals surface area contributed by atoms with Gasteiger partial charge in [0.05, 0.1) is 12.7 Å². The third-order valence-corrected chi connectivity index (χ3v) is 2.70. The smallest absolute Gasteiger partial charge is 0.126 e. The Morgan fingerprint density at radius 3 is 2.63 bits per heavy atom. The predicted molar refractivity (Wildman–Crippen MR) is 76.5 cm³/mol. The van der Waals surface area contributed by atoms with E-state index in [1.165, 1.54) is 0 Å². The lowest BCUT2D eigenvalue weighted by Gasteiger charge is -2.17. The summed E-state index contributed by atoms with van der Waals surface area (Å²) in [6, 6.07) is 6.04. The zero-order chi connectivity index (χ0) is 14.3. The van der Waals surface area contributed by atoms with Gasteiger partial charge in [-0.1, -0.05) is 18.2 Å². The molecular weight excluding hydrogens is 242 g/mol. The maximum atomic E-state index is 9.81. The monoisotopic (exact) mass is 267 g/mol. The predicted octanol–water partition coefficient (Wildman–Crippen LogP) is 1.88. The van der Waals surface area contributed by atoms with Crippen LogP contribution in [0.15, 0.2) is 18.2 Å². The van der Waals surface area contributed by atoms with Crippen LogP contribution in [-0.2, 0) is 11.3 Å². The van der Waals surface area contributed by atoms with Gasteiger partial charge in [-0.05, 0) is 33.4 Å². The molecule has 0 saturated carbocycles. The summed E-state index contributed by atoms with van der Waals surface area (Å²) < 4.78 is 11.1. The van der Waals surface area contributed by atoms with Crippen molar-refractivity contribution >= 4 is 0 Å². The van der Waals surface area contributed by atoms with Gasteiger partial charge in [0.2, 0.25) is 0 Å². The zero-order valence-electron chi connectivity index (χ0n) is 12.3. The largest absolute Gasteiger partial charge is 0.490 e. The normalized spacial score (nSPS) is 12.7. The van der Waals surface area contributed by atoms with Crippen LogP contribution < -0.4 is 10.1 Å². The van der Waals surface area contributed by atoms with E-state index in [1.807, 2.05) is 46.0 Å². The molecule has 1 atom stereocenters. The molecule has 0 aromatic heterocycles. The first kappa shape index (κ1) is 16.0. The molecular formula is C15H25NO3. The Morgan fingerprint density at radius 1 is 1.26 bits per heavy atom. The molecule has 0 heterocycles. The van der Waals surface area contributed by atoms with E-state index >= 15 is 0 Å². The molecule has 108 valence electrons. The van der Waals surface area contributed by atoms with Crippen LogP contribution in [0.4, 0.5) is 0 Å². The number of hydrogen-bond acceptors (Lipinski definition) is 4. The van der Waals surface area contributed by atoms with Gasteiger partial charge < -0.3 is 19.9 Å². The second-order valence-electron chi connectivity index (χ2n) is 4.94. The van der Waals surface area contributed by atoms with Gasteiger partial charge in [-0.2, -0.15) is 0 Å². The minimum absolute atomic E-state index is 0.118. The van der Waals surface area contributed by atoms with E-state index in [-0.39, 0.29) is 12.7 Å². The Bertz CT molecular complexity index is 380. The Labute approximate surface area is 115 Å². The van der Waals surface area contributed by atoms with Crippen molar-refractivity contribution in [2.45, 2.75) is 39.5 Å². The lowest BCUT2D eigenvalue weighted by molar-refractivity contribution is -0.0125. The van der Waals surface area contributed by atoms with Gasteiger partial charge in [-0.3, -0.25) is 0 Å². The average molecular weight is 267 g/mol. The Morgan fingerprint density at radius 2 is 2.00 bits per heavy atom. The summed E-state index contributed by atoms with van der Waals surface area (Å²) in [5, 5.41) is 12.9. The average Bonchev–Trinajstić information content (AvgIpc) is 2.36. The summed E-state index contributed by atoms with van der Waals surface area (Å²) in [6.07, 6.45) is -0.489. The van der Waals surface area contributed by atoms with Crippen LogP contribution in [0, 0.1) is 6.92 Å². The van der Waals surface area contributed by atoms with Crippen molar-refractivity contribution in [3.63, 3.8) is 0 Å². The molecule has 1 aromatic rings. The van der Waals surface area contributed by atoms with Crippen LogP contribution >= 0.6 is 0 Å². The van der Waals surface area contributed by atoms with Crippen LogP contribution in [0.3, 0.4) is 0 Å². The van der Waals surface area contributed by atoms with Crippen LogP contribution in [0.1, 0.15) is 25.0 Å². The molecule has 0 fully saturated rings. The lowest BCUT2D eigenvalue weighted by atomic mass is 10.1.